The molecule has 0 radical (unpaired) electrons. The minimum atomic E-state index is -0.394. The SMILES string of the molecule is Cc1ccccc1Oc1nnc(Oc2c(C(=O)c3ccc(Cl)cc3Cl)c(C)nn2C)cc1O. The number of carbonyl (C=O) groups excluding carboxylic acids is 1. The van der Waals surface area contributed by atoms with E-state index in [9.17, 15) is 9.90 Å². The minimum Gasteiger partial charge on any atom is -0.503 e. The molecule has 0 aliphatic rings. The van der Waals surface area contributed by atoms with Crippen molar-refractivity contribution in [2.45, 2.75) is 13.8 Å². The van der Waals surface area contributed by atoms with Crippen LogP contribution < -0.4 is 9.47 Å². The van der Waals surface area contributed by atoms with Gasteiger partial charge in [-0.15, -0.1) is 10.2 Å². The quantitative estimate of drug-likeness (QED) is 0.352. The molecule has 10 heteroatoms. The molecule has 0 bridgehead atoms. The first kappa shape index (κ1) is 22.6. The summed E-state index contributed by atoms with van der Waals surface area (Å²) in [7, 11) is 1.62. The second-order valence-electron chi connectivity index (χ2n) is 7.19. The lowest BCUT2D eigenvalue weighted by atomic mass is 10.0. The van der Waals surface area contributed by atoms with Gasteiger partial charge >= 0.3 is 0 Å². The van der Waals surface area contributed by atoms with E-state index in [-0.39, 0.29) is 39.5 Å². The van der Waals surface area contributed by atoms with Gasteiger partial charge in [0, 0.05) is 17.6 Å². The van der Waals surface area contributed by atoms with E-state index in [1.54, 1.807) is 32.2 Å². The van der Waals surface area contributed by atoms with Gasteiger partial charge < -0.3 is 14.6 Å². The first-order chi connectivity index (χ1) is 15.7. The molecule has 0 atom stereocenters. The first-order valence-corrected chi connectivity index (χ1v) is 10.5. The Labute approximate surface area is 199 Å². The number of carbonyl (C=O) groups is 1. The zero-order valence-corrected chi connectivity index (χ0v) is 19.3. The molecule has 4 aromatic rings. The predicted octanol–water partition coefficient (Wildman–Crippen LogP) is 5.65. The maximum absolute atomic E-state index is 13.2. The van der Waals surface area contributed by atoms with Gasteiger partial charge in [0.2, 0.25) is 17.5 Å². The smallest absolute Gasteiger partial charge is 0.281 e. The van der Waals surface area contributed by atoms with E-state index >= 15 is 0 Å². The van der Waals surface area contributed by atoms with Crippen LogP contribution in [0.2, 0.25) is 10.0 Å². The summed E-state index contributed by atoms with van der Waals surface area (Å²) in [4.78, 5) is 13.2. The Balaban J connectivity index is 1.64. The third kappa shape index (κ3) is 4.62. The van der Waals surface area contributed by atoms with Crippen LogP contribution in [0, 0.1) is 13.8 Å². The van der Waals surface area contributed by atoms with Crippen molar-refractivity contribution < 1.29 is 19.4 Å². The van der Waals surface area contributed by atoms with E-state index in [1.807, 2.05) is 19.1 Å². The van der Waals surface area contributed by atoms with Crippen LogP contribution in [0.3, 0.4) is 0 Å². The Morgan fingerprint density at radius 3 is 2.48 bits per heavy atom. The minimum absolute atomic E-state index is 0.0520. The van der Waals surface area contributed by atoms with Gasteiger partial charge in [-0.2, -0.15) is 5.10 Å². The number of hydrogen-bond acceptors (Lipinski definition) is 7. The number of ketones is 1. The van der Waals surface area contributed by atoms with Crippen molar-refractivity contribution in [2.75, 3.05) is 0 Å². The van der Waals surface area contributed by atoms with Gasteiger partial charge in [-0.25, -0.2) is 4.68 Å². The number of para-hydroxylation sites is 1. The number of hydrogen-bond donors (Lipinski definition) is 1. The third-order valence-electron chi connectivity index (χ3n) is 4.79. The van der Waals surface area contributed by atoms with Crippen LogP contribution in [0.1, 0.15) is 27.2 Å². The molecule has 0 amide bonds. The topological polar surface area (TPSA) is 99.4 Å². The highest BCUT2D eigenvalue weighted by Gasteiger charge is 2.26. The van der Waals surface area contributed by atoms with Crippen LogP contribution >= 0.6 is 23.2 Å². The Morgan fingerprint density at radius 1 is 1.03 bits per heavy atom. The van der Waals surface area contributed by atoms with Gasteiger partial charge in [-0.05, 0) is 43.7 Å². The summed E-state index contributed by atoms with van der Waals surface area (Å²) >= 11 is 12.2. The Kier molecular flexibility index (Phi) is 6.22. The summed E-state index contributed by atoms with van der Waals surface area (Å²) in [5.74, 6) is -0.161. The van der Waals surface area contributed by atoms with E-state index in [1.165, 1.54) is 22.9 Å². The summed E-state index contributed by atoms with van der Waals surface area (Å²) in [6.45, 7) is 3.54. The number of aromatic nitrogens is 4. The van der Waals surface area contributed by atoms with Gasteiger partial charge in [0.15, 0.2) is 5.75 Å². The van der Waals surface area contributed by atoms with E-state index in [0.717, 1.165) is 5.56 Å². The van der Waals surface area contributed by atoms with Crippen molar-refractivity contribution >= 4 is 29.0 Å². The van der Waals surface area contributed by atoms with Crippen molar-refractivity contribution in [1.29, 1.82) is 0 Å². The monoisotopic (exact) mass is 484 g/mol. The molecule has 8 nitrogen and oxygen atoms in total. The average Bonchev–Trinajstić information content (AvgIpc) is 3.03. The standard InChI is InChI=1S/C23H18Cl2N4O4/c1-12-6-4-5-7-18(12)32-22-17(30)11-19(26-27-22)33-23-20(13(2)28-29(23)3)21(31)15-9-8-14(24)10-16(15)25/h4-11H,1-3H3,(H,26,30). The number of aromatic hydroxyl groups is 1. The molecule has 2 aromatic heterocycles. The van der Waals surface area contributed by atoms with Crippen molar-refractivity contribution in [3.63, 3.8) is 0 Å². The fourth-order valence-corrected chi connectivity index (χ4v) is 3.67. The Hall–Kier alpha value is -3.62. The average molecular weight is 485 g/mol. The highest BCUT2D eigenvalue weighted by molar-refractivity contribution is 6.37. The number of rotatable bonds is 6. The largest absolute Gasteiger partial charge is 0.503 e. The molecule has 0 fully saturated rings. The number of halogens is 2. The van der Waals surface area contributed by atoms with Crippen molar-refractivity contribution in [1.82, 2.24) is 20.0 Å². The number of nitrogens with zero attached hydrogens (tertiary/aromatic N) is 4. The van der Waals surface area contributed by atoms with Crippen LogP contribution in [-0.4, -0.2) is 30.9 Å². The fourth-order valence-electron chi connectivity index (χ4n) is 3.17. The predicted molar refractivity (Wildman–Crippen MR) is 123 cm³/mol. The van der Waals surface area contributed by atoms with Crippen LogP contribution in [0.25, 0.3) is 0 Å². The lowest BCUT2D eigenvalue weighted by molar-refractivity contribution is 0.103. The molecular formula is C23H18Cl2N4O4. The summed E-state index contributed by atoms with van der Waals surface area (Å²) in [6.07, 6.45) is 0. The molecule has 1 N–H and O–H groups in total. The van der Waals surface area contributed by atoms with E-state index in [0.29, 0.717) is 16.5 Å². The zero-order chi connectivity index (χ0) is 23.7. The van der Waals surface area contributed by atoms with E-state index in [2.05, 4.69) is 15.3 Å². The lowest BCUT2D eigenvalue weighted by Gasteiger charge is -2.11. The van der Waals surface area contributed by atoms with Crippen molar-refractivity contribution in [2.24, 2.45) is 7.05 Å². The summed E-state index contributed by atoms with van der Waals surface area (Å²) in [5.41, 5.74) is 1.75. The summed E-state index contributed by atoms with van der Waals surface area (Å²) in [6, 6.07) is 13.1. The number of benzene rings is 2. The van der Waals surface area contributed by atoms with Crippen LogP contribution in [0.15, 0.2) is 48.5 Å². The molecule has 0 aliphatic carbocycles. The molecule has 168 valence electrons. The van der Waals surface area contributed by atoms with Gasteiger partial charge in [-0.1, -0.05) is 41.4 Å². The molecule has 4 rings (SSSR count). The Morgan fingerprint density at radius 2 is 1.79 bits per heavy atom. The maximum atomic E-state index is 13.2. The summed E-state index contributed by atoms with van der Waals surface area (Å²) in [5, 5.41) is 23.1. The molecule has 33 heavy (non-hydrogen) atoms. The highest BCUT2D eigenvalue weighted by Crippen LogP contribution is 2.35. The molecule has 0 saturated carbocycles. The van der Waals surface area contributed by atoms with Crippen molar-refractivity contribution in [3.8, 4) is 29.1 Å². The van der Waals surface area contributed by atoms with E-state index < -0.39 is 5.78 Å². The third-order valence-corrected chi connectivity index (χ3v) is 5.34. The van der Waals surface area contributed by atoms with Crippen LogP contribution in [-0.2, 0) is 7.05 Å². The van der Waals surface area contributed by atoms with Crippen molar-refractivity contribution in [3.05, 3.63) is 81.0 Å². The number of aryl methyl sites for hydroxylation is 3. The molecule has 0 aliphatic heterocycles. The van der Waals surface area contributed by atoms with Gasteiger partial charge in [-0.3, -0.25) is 4.79 Å². The van der Waals surface area contributed by atoms with Crippen LogP contribution in [0.4, 0.5) is 0 Å². The second kappa shape index (κ2) is 9.09. The second-order valence-corrected chi connectivity index (χ2v) is 8.03. The molecule has 0 unspecified atom stereocenters. The normalized spacial score (nSPS) is 10.8. The fraction of sp³-hybridized carbons (Fsp3) is 0.130. The molecular weight excluding hydrogens is 467 g/mol. The molecule has 2 heterocycles. The molecule has 0 spiro atoms. The van der Waals surface area contributed by atoms with Gasteiger partial charge in [0.25, 0.3) is 5.88 Å². The van der Waals surface area contributed by atoms with Gasteiger partial charge in [0.1, 0.15) is 11.3 Å². The number of ether oxygens (including phenoxy) is 2. The summed E-state index contributed by atoms with van der Waals surface area (Å²) < 4.78 is 12.8. The van der Waals surface area contributed by atoms with Crippen LogP contribution in [0.5, 0.6) is 29.1 Å². The van der Waals surface area contributed by atoms with Gasteiger partial charge in [0.05, 0.1) is 16.8 Å². The highest BCUT2D eigenvalue weighted by atomic mass is 35.5. The lowest BCUT2D eigenvalue weighted by Crippen LogP contribution is -2.06. The zero-order valence-electron chi connectivity index (χ0n) is 17.8. The molecule has 2 aromatic carbocycles. The van der Waals surface area contributed by atoms with E-state index in [4.69, 9.17) is 32.7 Å². The first-order valence-electron chi connectivity index (χ1n) is 9.76. The Bertz CT molecular complexity index is 1370. The molecule has 0 saturated heterocycles. The maximum Gasteiger partial charge on any atom is 0.281 e.